The van der Waals surface area contributed by atoms with E-state index in [2.05, 4.69) is 29.2 Å². The van der Waals surface area contributed by atoms with Gasteiger partial charge in [0, 0.05) is 24.8 Å². The number of fused-ring (bicyclic) bond motifs is 1. The Hall–Kier alpha value is -1.62. The first kappa shape index (κ1) is 11.9. The van der Waals surface area contributed by atoms with Crippen LogP contribution in [0.3, 0.4) is 0 Å². The highest BCUT2D eigenvalue weighted by atomic mass is 15.2. The maximum atomic E-state index is 6.01. The molecular formula is C12H19N5. The first-order valence-corrected chi connectivity index (χ1v) is 5.95. The molecule has 0 aliphatic carbocycles. The standard InChI is InChI=1S/C12H19N5/c1-9(2)7-10(13)8-14-11-4-6-17-12(16-11)3-5-15-17/h3-6,9-10H,7-8,13H2,1-2H3,(H,14,16). The van der Waals surface area contributed by atoms with Gasteiger partial charge in [0.15, 0.2) is 5.65 Å². The van der Waals surface area contributed by atoms with Crippen LogP contribution < -0.4 is 11.1 Å². The van der Waals surface area contributed by atoms with Gasteiger partial charge in [0.2, 0.25) is 0 Å². The van der Waals surface area contributed by atoms with Gasteiger partial charge >= 0.3 is 0 Å². The van der Waals surface area contributed by atoms with E-state index < -0.39 is 0 Å². The van der Waals surface area contributed by atoms with Crippen LogP contribution in [0, 0.1) is 5.92 Å². The maximum Gasteiger partial charge on any atom is 0.157 e. The van der Waals surface area contributed by atoms with Crippen molar-refractivity contribution in [1.82, 2.24) is 14.6 Å². The average molecular weight is 233 g/mol. The first-order chi connectivity index (χ1) is 8.15. The van der Waals surface area contributed by atoms with Crippen molar-refractivity contribution in [2.24, 2.45) is 11.7 Å². The Labute approximate surface area is 101 Å². The van der Waals surface area contributed by atoms with Crippen LogP contribution in [0.25, 0.3) is 5.65 Å². The van der Waals surface area contributed by atoms with Crippen LogP contribution in [0.1, 0.15) is 20.3 Å². The van der Waals surface area contributed by atoms with E-state index in [0.717, 1.165) is 24.4 Å². The van der Waals surface area contributed by atoms with Crippen LogP contribution in [0.2, 0.25) is 0 Å². The Morgan fingerprint density at radius 2 is 2.24 bits per heavy atom. The van der Waals surface area contributed by atoms with Gasteiger partial charge in [0.25, 0.3) is 0 Å². The number of hydrogen-bond donors (Lipinski definition) is 2. The molecule has 17 heavy (non-hydrogen) atoms. The van der Waals surface area contributed by atoms with Crippen LogP contribution in [0.4, 0.5) is 5.82 Å². The molecule has 2 aromatic rings. The fraction of sp³-hybridized carbons (Fsp3) is 0.500. The van der Waals surface area contributed by atoms with E-state index in [0.29, 0.717) is 5.92 Å². The van der Waals surface area contributed by atoms with Gasteiger partial charge in [-0.05, 0) is 18.4 Å². The summed E-state index contributed by atoms with van der Waals surface area (Å²) in [5.41, 5.74) is 6.85. The van der Waals surface area contributed by atoms with Crippen molar-refractivity contribution in [3.63, 3.8) is 0 Å². The predicted octanol–water partition coefficient (Wildman–Crippen LogP) is 1.51. The zero-order valence-corrected chi connectivity index (χ0v) is 10.3. The summed E-state index contributed by atoms with van der Waals surface area (Å²) in [7, 11) is 0. The zero-order valence-electron chi connectivity index (χ0n) is 10.3. The minimum Gasteiger partial charge on any atom is -0.368 e. The molecule has 5 heteroatoms. The van der Waals surface area contributed by atoms with Gasteiger partial charge in [0.05, 0.1) is 6.20 Å². The molecule has 0 fully saturated rings. The molecule has 0 aliphatic rings. The zero-order chi connectivity index (χ0) is 12.3. The van der Waals surface area contributed by atoms with Crippen LogP contribution in [0.5, 0.6) is 0 Å². The molecule has 3 N–H and O–H groups in total. The van der Waals surface area contributed by atoms with Crippen molar-refractivity contribution in [1.29, 1.82) is 0 Å². The highest BCUT2D eigenvalue weighted by Gasteiger charge is 2.05. The third-order valence-corrected chi connectivity index (χ3v) is 2.58. The number of nitrogens with two attached hydrogens (primary N) is 1. The molecule has 0 amide bonds. The van der Waals surface area contributed by atoms with Gasteiger partial charge in [-0.3, -0.25) is 0 Å². The van der Waals surface area contributed by atoms with Crippen molar-refractivity contribution in [3.8, 4) is 0 Å². The Morgan fingerprint density at radius 3 is 3.00 bits per heavy atom. The van der Waals surface area contributed by atoms with E-state index in [-0.39, 0.29) is 6.04 Å². The Balaban J connectivity index is 1.94. The number of anilines is 1. The van der Waals surface area contributed by atoms with Crippen LogP contribution >= 0.6 is 0 Å². The second-order valence-electron chi connectivity index (χ2n) is 4.72. The maximum absolute atomic E-state index is 6.01. The lowest BCUT2D eigenvalue weighted by molar-refractivity contribution is 0.508. The molecule has 2 rings (SSSR count). The summed E-state index contributed by atoms with van der Waals surface area (Å²) in [5.74, 6) is 1.47. The van der Waals surface area contributed by atoms with E-state index in [1.165, 1.54) is 0 Å². The fourth-order valence-electron chi connectivity index (χ4n) is 1.84. The lowest BCUT2D eigenvalue weighted by Gasteiger charge is -2.15. The average Bonchev–Trinajstić information content (AvgIpc) is 2.72. The minimum atomic E-state index is 0.165. The van der Waals surface area contributed by atoms with Gasteiger partial charge in [-0.25, -0.2) is 9.50 Å². The molecule has 0 bridgehead atoms. The highest BCUT2D eigenvalue weighted by molar-refractivity contribution is 5.45. The molecule has 0 spiro atoms. The molecule has 0 aliphatic heterocycles. The van der Waals surface area contributed by atoms with Gasteiger partial charge in [-0.1, -0.05) is 13.8 Å². The van der Waals surface area contributed by atoms with Crippen molar-refractivity contribution in [2.45, 2.75) is 26.3 Å². The summed E-state index contributed by atoms with van der Waals surface area (Å²) >= 11 is 0. The molecule has 5 nitrogen and oxygen atoms in total. The van der Waals surface area contributed by atoms with E-state index in [1.54, 1.807) is 10.7 Å². The number of nitrogens with one attached hydrogen (secondary N) is 1. The monoisotopic (exact) mass is 233 g/mol. The first-order valence-electron chi connectivity index (χ1n) is 5.95. The summed E-state index contributed by atoms with van der Waals surface area (Å²) in [6, 6.07) is 3.94. The van der Waals surface area contributed by atoms with Crippen molar-refractivity contribution in [2.75, 3.05) is 11.9 Å². The molecule has 0 radical (unpaired) electrons. The minimum absolute atomic E-state index is 0.165. The molecule has 0 saturated heterocycles. The molecule has 0 saturated carbocycles. The Morgan fingerprint density at radius 1 is 1.41 bits per heavy atom. The largest absolute Gasteiger partial charge is 0.368 e. The summed E-state index contributed by atoms with van der Waals surface area (Å²) in [4.78, 5) is 4.42. The number of hydrogen-bond acceptors (Lipinski definition) is 4. The SMILES string of the molecule is CC(C)CC(N)CNc1ccn2nccc2n1. The van der Waals surface area contributed by atoms with Crippen LogP contribution in [-0.2, 0) is 0 Å². The molecule has 2 aromatic heterocycles. The fourth-order valence-corrected chi connectivity index (χ4v) is 1.84. The second kappa shape index (κ2) is 5.14. The molecule has 1 atom stereocenters. The lowest BCUT2D eigenvalue weighted by atomic mass is 10.0. The van der Waals surface area contributed by atoms with Crippen molar-refractivity contribution in [3.05, 3.63) is 24.5 Å². The molecular weight excluding hydrogens is 214 g/mol. The Bertz CT molecular complexity index is 476. The topological polar surface area (TPSA) is 68.2 Å². The van der Waals surface area contributed by atoms with E-state index in [1.807, 2.05) is 18.3 Å². The summed E-state index contributed by atoms with van der Waals surface area (Å²) in [5, 5.41) is 7.35. The van der Waals surface area contributed by atoms with Crippen LogP contribution in [-0.4, -0.2) is 27.2 Å². The Kier molecular flexibility index (Phi) is 3.58. The summed E-state index contributed by atoms with van der Waals surface area (Å²) < 4.78 is 1.74. The van der Waals surface area contributed by atoms with Gasteiger partial charge < -0.3 is 11.1 Å². The van der Waals surface area contributed by atoms with Crippen molar-refractivity contribution < 1.29 is 0 Å². The highest BCUT2D eigenvalue weighted by Crippen LogP contribution is 2.07. The number of nitrogens with zero attached hydrogens (tertiary/aromatic N) is 3. The quantitative estimate of drug-likeness (QED) is 0.821. The second-order valence-corrected chi connectivity index (χ2v) is 4.72. The van der Waals surface area contributed by atoms with Crippen molar-refractivity contribution >= 4 is 11.5 Å². The number of rotatable bonds is 5. The smallest absolute Gasteiger partial charge is 0.157 e. The van der Waals surface area contributed by atoms with E-state index in [4.69, 9.17) is 5.73 Å². The third-order valence-electron chi connectivity index (χ3n) is 2.58. The van der Waals surface area contributed by atoms with Crippen LogP contribution in [0.15, 0.2) is 24.5 Å². The van der Waals surface area contributed by atoms with Gasteiger partial charge in [0.1, 0.15) is 5.82 Å². The van der Waals surface area contributed by atoms with E-state index >= 15 is 0 Å². The van der Waals surface area contributed by atoms with Gasteiger partial charge in [-0.15, -0.1) is 0 Å². The number of aromatic nitrogens is 3. The predicted molar refractivity (Wildman–Crippen MR) is 68.9 cm³/mol. The summed E-state index contributed by atoms with van der Waals surface area (Å²) in [6.07, 6.45) is 4.64. The van der Waals surface area contributed by atoms with Gasteiger partial charge in [-0.2, -0.15) is 5.10 Å². The summed E-state index contributed by atoms with van der Waals surface area (Å²) in [6.45, 7) is 5.10. The third kappa shape index (κ3) is 3.17. The molecule has 0 aromatic carbocycles. The molecule has 92 valence electrons. The lowest BCUT2D eigenvalue weighted by Crippen LogP contribution is -2.30. The van der Waals surface area contributed by atoms with E-state index in [9.17, 15) is 0 Å². The molecule has 2 heterocycles. The normalized spacial score (nSPS) is 13.2. The molecule has 1 unspecified atom stereocenters.